The summed E-state index contributed by atoms with van der Waals surface area (Å²) in [6, 6.07) is 17.6. The molecule has 0 saturated carbocycles. The fourth-order valence-corrected chi connectivity index (χ4v) is 3.21. The van der Waals surface area contributed by atoms with Gasteiger partial charge in [-0.15, -0.1) is 0 Å². The minimum atomic E-state index is 0.0498. The molecule has 0 atom stereocenters. The Kier molecular flexibility index (Phi) is 3.54. The van der Waals surface area contributed by atoms with Crippen molar-refractivity contribution in [2.24, 2.45) is 0 Å². The van der Waals surface area contributed by atoms with Gasteiger partial charge < -0.3 is 9.47 Å². The summed E-state index contributed by atoms with van der Waals surface area (Å²) >= 11 is 0. The first-order valence-electron chi connectivity index (χ1n) is 8.11. The van der Waals surface area contributed by atoms with Gasteiger partial charge in [-0.25, -0.2) is 4.98 Å². The standard InChI is InChI=1S/C20H19N3O/c1-22(2)11-12-23-17-10-6-5-9-16(17)21-20-15-8-4-3-7-14(15)19(24)13-18(20)23/h3-10,13H,11-12H2,1-2H3. The van der Waals surface area contributed by atoms with Gasteiger partial charge in [0.1, 0.15) is 0 Å². The highest BCUT2D eigenvalue weighted by atomic mass is 16.1. The molecule has 1 aliphatic carbocycles. The molecule has 2 aromatic carbocycles. The summed E-state index contributed by atoms with van der Waals surface area (Å²) in [5.41, 5.74) is 3.85. The lowest BCUT2D eigenvalue weighted by Crippen LogP contribution is -2.21. The lowest BCUT2D eigenvalue weighted by molar-refractivity contribution is 0.387. The van der Waals surface area contributed by atoms with Gasteiger partial charge in [0.25, 0.3) is 0 Å². The second-order valence-corrected chi connectivity index (χ2v) is 6.34. The monoisotopic (exact) mass is 317 g/mol. The highest BCUT2D eigenvalue weighted by Crippen LogP contribution is 2.30. The summed E-state index contributed by atoms with van der Waals surface area (Å²) in [6.07, 6.45) is 0. The molecule has 0 aromatic heterocycles. The zero-order valence-electron chi connectivity index (χ0n) is 13.9. The molecule has 4 nitrogen and oxygen atoms in total. The number of fused-ring (bicyclic) bond motifs is 4. The number of nitrogens with zero attached hydrogens (tertiary/aromatic N) is 3. The second-order valence-electron chi connectivity index (χ2n) is 6.34. The summed E-state index contributed by atoms with van der Waals surface area (Å²) in [7, 11) is 4.11. The molecule has 0 spiro atoms. The Labute approximate surface area is 140 Å². The molecule has 0 unspecified atom stereocenters. The van der Waals surface area contributed by atoms with Crippen LogP contribution in [0.2, 0.25) is 0 Å². The molecule has 0 fully saturated rings. The van der Waals surface area contributed by atoms with E-state index >= 15 is 0 Å². The van der Waals surface area contributed by atoms with Crippen molar-refractivity contribution in [2.45, 2.75) is 6.54 Å². The third kappa shape index (κ3) is 2.36. The van der Waals surface area contributed by atoms with Crippen LogP contribution in [-0.2, 0) is 6.54 Å². The van der Waals surface area contributed by atoms with E-state index in [-0.39, 0.29) is 5.43 Å². The number of likely N-dealkylation sites (N-methyl/N-ethyl adjacent to an activating group) is 1. The van der Waals surface area contributed by atoms with E-state index in [1.807, 2.05) is 42.5 Å². The summed E-state index contributed by atoms with van der Waals surface area (Å²) in [5, 5.41) is 1.65. The molecule has 0 N–H and O–H groups in total. The van der Waals surface area contributed by atoms with E-state index < -0.39 is 0 Å². The van der Waals surface area contributed by atoms with E-state index in [1.165, 1.54) is 0 Å². The molecular formula is C20H19N3O. The lowest BCUT2D eigenvalue weighted by atomic mass is 10.0. The van der Waals surface area contributed by atoms with Crippen LogP contribution in [0.25, 0.3) is 33.2 Å². The van der Waals surface area contributed by atoms with Gasteiger partial charge in [-0.1, -0.05) is 36.4 Å². The smallest absolute Gasteiger partial charge is 0.188 e. The molecule has 1 heterocycles. The first kappa shape index (κ1) is 14.8. The summed E-state index contributed by atoms with van der Waals surface area (Å²) in [5.74, 6) is 0. The van der Waals surface area contributed by atoms with Gasteiger partial charge in [0.05, 0.1) is 22.4 Å². The van der Waals surface area contributed by atoms with Crippen molar-refractivity contribution in [3.63, 3.8) is 0 Å². The van der Waals surface area contributed by atoms with Gasteiger partial charge in [0, 0.05) is 29.9 Å². The van der Waals surface area contributed by atoms with Crippen molar-refractivity contribution in [3.8, 4) is 11.4 Å². The number of benzene rings is 3. The highest BCUT2D eigenvalue weighted by molar-refractivity contribution is 5.97. The Bertz CT molecular complexity index is 1070. The van der Waals surface area contributed by atoms with Crippen LogP contribution in [0.1, 0.15) is 0 Å². The molecule has 0 bridgehead atoms. The Morgan fingerprint density at radius 3 is 2.50 bits per heavy atom. The molecule has 0 saturated heterocycles. The average Bonchev–Trinajstić information content (AvgIpc) is 2.59. The molecule has 2 aliphatic rings. The Morgan fingerprint density at radius 2 is 1.71 bits per heavy atom. The first-order chi connectivity index (χ1) is 11.6. The van der Waals surface area contributed by atoms with Crippen LogP contribution < -0.4 is 5.43 Å². The van der Waals surface area contributed by atoms with E-state index in [9.17, 15) is 4.79 Å². The number of para-hydroxylation sites is 2. The van der Waals surface area contributed by atoms with E-state index in [0.717, 1.165) is 46.3 Å². The minimum Gasteiger partial charge on any atom is -0.337 e. The maximum absolute atomic E-state index is 12.6. The molecule has 4 heteroatoms. The molecule has 0 amide bonds. The van der Waals surface area contributed by atoms with E-state index in [2.05, 4.69) is 29.6 Å². The number of aromatic nitrogens is 2. The van der Waals surface area contributed by atoms with Crippen LogP contribution in [0.5, 0.6) is 0 Å². The lowest BCUT2D eigenvalue weighted by Gasteiger charge is -2.21. The van der Waals surface area contributed by atoms with Crippen LogP contribution >= 0.6 is 0 Å². The maximum Gasteiger partial charge on any atom is 0.188 e. The largest absolute Gasteiger partial charge is 0.337 e. The molecule has 0 radical (unpaired) electrons. The summed E-state index contributed by atoms with van der Waals surface area (Å²) < 4.78 is 2.21. The fourth-order valence-electron chi connectivity index (χ4n) is 3.21. The quantitative estimate of drug-likeness (QED) is 0.430. The van der Waals surface area contributed by atoms with Gasteiger partial charge in [0.15, 0.2) is 5.43 Å². The summed E-state index contributed by atoms with van der Waals surface area (Å²) in [4.78, 5) is 19.6. The van der Waals surface area contributed by atoms with Crippen LogP contribution in [0.3, 0.4) is 0 Å². The zero-order valence-corrected chi connectivity index (χ0v) is 13.9. The van der Waals surface area contributed by atoms with Crippen molar-refractivity contribution in [2.75, 3.05) is 20.6 Å². The predicted octanol–water partition coefficient (Wildman–Crippen LogP) is 3.22. The topological polar surface area (TPSA) is 38.1 Å². The fraction of sp³-hybridized carbons (Fsp3) is 0.200. The molecular weight excluding hydrogens is 298 g/mol. The van der Waals surface area contributed by atoms with Crippen LogP contribution in [0.4, 0.5) is 0 Å². The zero-order chi connectivity index (χ0) is 16.7. The minimum absolute atomic E-state index is 0.0498. The van der Waals surface area contributed by atoms with Crippen LogP contribution in [0.15, 0.2) is 59.4 Å². The van der Waals surface area contributed by atoms with E-state index in [1.54, 1.807) is 6.07 Å². The van der Waals surface area contributed by atoms with Crippen LogP contribution in [-0.4, -0.2) is 35.1 Å². The van der Waals surface area contributed by atoms with Crippen molar-refractivity contribution >= 4 is 21.8 Å². The van der Waals surface area contributed by atoms with E-state index in [0.29, 0.717) is 0 Å². The predicted molar refractivity (Wildman–Crippen MR) is 98.7 cm³/mol. The molecule has 4 rings (SSSR count). The van der Waals surface area contributed by atoms with Gasteiger partial charge >= 0.3 is 0 Å². The molecule has 2 aromatic rings. The molecule has 120 valence electrons. The summed E-state index contributed by atoms with van der Waals surface area (Å²) in [6.45, 7) is 1.71. The number of rotatable bonds is 3. The Hall–Kier alpha value is -2.72. The number of hydrogen-bond donors (Lipinski definition) is 0. The van der Waals surface area contributed by atoms with Gasteiger partial charge in [0.2, 0.25) is 0 Å². The van der Waals surface area contributed by atoms with Crippen LogP contribution in [0, 0.1) is 0 Å². The highest BCUT2D eigenvalue weighted by Gasteiger charge is 2.17. The van der Waals surface area contributed by atoms with E-state index in [4.69, 9.17) is 4.98 Å². The Morgan fingerprint density at radius 1 is 1.00 bits per heavy atom. The van der Waals surface area contributed by atoms with Crippen molar-refractivity contribution in [1.82, 2.24) is 14.5 Å². The molecule has 1 aliphatic heterocycles. The van der Waals surface area contributed by atoms with Crippen molar-refractivity contribution < 1.29 is 0 Å². The van der Waals surface area contributed by atoms with Crippen molar-refractivity contribution in [3.05, 3.63) is 64.8 Å². The SMILES string of the molecule is CN(C)CCn1c2cc(=O)c3ccccc3c-2nc2ccccc21. The van der Waals surface area contributed by atoms with Crippen molar-refractivity contribution in [1.29, 1.82) is 0 Å². The third-order valence-electron chi connectivity index (χ3n) is 4.42. The number of hydrogen-bond acceptors (Lipinski definition) is 3. The van der Waals surface area contributed by atoms with Gasteiger partial charge in [-0.3, -0.25) is 4.79 Å². The van der Waals surface area contributed by atoms with Gasteiger partial charge in [-0.2, -0.15) is 0 Å². The average molecular weight is 317 g/mol. The molecule has 24 heavy (non-hydrogen) atoms. The second kappa shape index (κ2) is 5.73. The maximum atomic E-state index is 12.6. The van der Waals surface area contributed by atoms with Gasteiger partial charge in [-0.05, 0) is 26.2 Å². The normalized spacial score (nSPS) is 11.8. The Balaban J connectivity index is 2.13. The third-order valence-corrected chi connectivity index (χ3v) is 4.42. The first-order valence-corrected chi connectivity index (χ1v) is 8.11.